The van der Waals surface area contributed by atoms with Crippen LogP contribution in [0.3, 0.4) is 0 Å². The highest BCUT2D eigenvalue weighted by Gasteiger charge is 2.57. The molecule has 1 amide bonds. The Hall–Kier alpha value is -1.26. The average molecular weight is 309 g/mol. The molecule has 3 rings (SSSR count). The fourth-order valence-electron chi connectivity index (χ4n) is 3.08. The Labute approximate surface area is 130 Å². The molecule has 1 saturated carbocycles. The zero-order chi connectivity index (χ0) is 15.0. The Morgan fingerprint density at radius 3 is 2.71 bits per heavy atom. The number of carbonyl (C=O) groups is 1. The first kappa shape index (κ1) is 14.7. The Morgan fingerprint density at radius 2 is 2.05 bits per heavy atom. The number of rotatable bonds is 5. The highest BCUT2D eigenvalue weighted by molar-refractivity contribution is 6.32. The lowest BCUT2D eigenvalue weighted by molar-refractivity contribution is -0.125. The molecule has 0 aromatic heterocycles. The van der Waals surface area contributed by atoms with E-state index >= 15 is 0 Å². The number of carbonyl (C=O) groups excluding carboxylic acids is 1. The zero-order valence-corrected chi connectivity index (χ0v) is 13.1. The molecule has 2 N–H and O–H groups in total. The minimum Gasteiger partial charge on any atom is -0.490 e. The van der Waals surface area contributed by atoms with Crippen molar-refractivity contribution in [2.24, 2.45) is 17.8 Å². The van der Waals surface area contributed by atoms with Crippen molar-refractivity contribution in [3.05, 3.63) is 29.3 Å². The molecule has 1 saturated heterocycles. The van der Waals surface area contributed by atoms with Gasteiger partial charge >= 0.3 is 0 Å². The predicted molar refractivity (Wildman–Crippen MR) is 82.5 cm³/mol. The van der Waals surface area contributed by atoms with Crippen LogP contribution in [-0.4, -0.2) is 31.1 Å². The molecule has 2 aliphatic rings. The van der Waals surface area contributed by atoms with Gasteiger partial charge in [-0.05, 0) is 50.9 Å². The van der Waals surface area contributed by atoms with Crippen LogP contribution in [0.15, 0.2) is 24.3 Å². The van der Waals surface area contributed by atoms with Crippen molar-refractivity contribution in [1.29, 1.82) is 0 Å². The van der Waals surface area contributed by atoms with E-state index in [2.05, 4.69) is 10.6 Å². The number of amides is 1. The van der Waals surface area contributed by atoms with E-state index in [1.165, 1.54) is 0 Å². The molecule has 0 bridgehead atoms. The molecule has 2 atom stereocenters. The minimum atomic E-state index is -0.416. The van der Waals surface area contributed by atoms with Crippen LogP contribution < -0.4 is 15.4 Å². The van der Waals surface area contributed by atoms with Crippen LogP contribution in [0.25, 0.3) is 0 Å². The van der Waals surface area contributed by atoms with Gasteiger partial charge in [-0.1, -0.05) is 23.7 Å². The van der Waals surface area contributed by atoms with Crippen LogP contribution in [0.1, 0.15) is 13.8 Å². The lowest BCUT2D eigenvalue weighted by Gasteiger charge is -2.27. The van der Waals surface area contributed by atoms with Gasteiger partial charge in [-0.3, -0.25) is 4.79 Å². The minimum absolute atomic E-state index is 0.152. The van der Waals surface area contributed by atoms with Crippen LogP contribution in [0.5, 0.6) is 5.75 Å². The summed E-state index contributed by atoms with van der Waals surface area (Å²) in [5.41, 5.74) is -0.416. The monoisotopic (exact) mass is 308 g/mol. The molecule has 2 fully saturated rings. The first-order valence-corrected chi connectivity index (χ1v) is 7.76. The third-order valence-electron chi connectivity index (χ3n) is 4.28. The number of ether oxygens (including phenoxy) is 1. The molecule has 0 spiro atoms. The van der Waals surface area contributed by atoms with Crippen LogP contribution in [0.4, 0.5) is 0 Å². The van der Waals surface area contributed by atoms with Crippen molar-refractivity contribution in [3.8, 4) is 5.75 Å². The SMILES string of the molecule is CC(C)(COc1ccccc1Cl)NC(=O)C1C2CNCC21. The summed E-state index contributed by atoms with van der Waals surface area (Å²) in [6, 6.07) is 7.37. The predicted octanol–water partition coefficient (Wildman–Crippen LogP) is 2.08. The van der Waals surface area contributed by atoms with Gasteiger partial charge in [0.25, 0.3) is 0 Å². The summed E-state index contributed by atoms with van der Waals surface area (Å²) in [7, 11) is 0. The summed E-state index contributed by atoms with van der Waals surface area (Å²) in [5, 5.41) is 6.99. The van der Waals surface area contributed by atoms with E-state index in [9.17, 15) is 4.79 Å². The molecule has 1 aliphatic heterocycles. The van der Waals surface area contributed by atoms with Crippen molar-refractivity contribution in [2.75, 3.05) is 19.7 Å². The Balaban J connectivity index is 1.52. The highest BCUT2D eigenvalue weighted by atomic mass is 35.5. The molecule has 21 heavy (non-hydrogen) atoms. The summed E-state index contributed by atoms with van der Waals surface area (Å²) in [4.78, 5) is 12.3. The van der Waals surface area contributed by atoms with Crippen LogP contribution in [-0.2, 0) is 4.79 Å². The largest absolute Gasteiger partial charge is 0.490 e. The molecular weight excluding hydrogens is 288 g/mol. The van der Waals surface area contributed by atoms with E-state index in [-0.39, 0.29) is 11.8 Å². The van der Waals surface area contributed by atoms with Gasteiger partial charge in [-0.15, -0.1) is 0 Å². The fraction of sp³-hybridized carbons (Fsp3) is 0.562. The molecule has 1 aromatic carbocycles. The van der Waals surface area contributed by atoms with Gasteiger partial charge < -0.3 is 15.4 Å². The van der Waals surface area contributed by atoms with Crippen LogP contribution in [0.2, 0.25) is 5.02 Å². The van der Waals surface area contributed by atoms with Crippen molar-refractivity contribution < 1.29 is 9.53 Å². The second-order valence-corrected chi connectivity index (χ2v) is 7.01. The van der Waals surface area contributed by atoms with Crippen molar-refractivity contribution >= 4 is 17.5 Å². The number of hydrogen-bond acceptors (Lipinski definition) is 3. The average Bonchev–Trinajstić information content (AvgIpc) is 2.92. The lowest BCUT2D eigenvalue weighted by atomic mass is 10.1. The fourth-order valence-corrected chi connectivity index (χ4v) is 3.27. The molecule has 2 unspecified atom stereocenters. The standard InChI is InChI=1S/C16H21ClN2O2/c1-16(2,9-21-13-6-4-3-5-12(13)17)19-15(20)14-10-7-18-8-11(10)14/h3-6,10-11,14,18H,7-9H2,1-2H3,(H,19,20). The summed E-state index contributed by atoms with van der Waals surface area (Å²) in [5.74, 6) is 2.05. The van der Waals surface area contributed by atoms with Gasteiger partial charge in [0.2, 0.25) is 5.91 Å². The van der Waals surface area contributed by atoms with E-state index in [4.69, 9.17) is 16.3 Å². The van der Waals surface area contributed by atoms with Gasteiger partial charge in [-0.2, -0.15) is 0 Å². The Kier molecular flexibility index (Phi) is 3.84. The van der Waals surface area contributed by atoms with Gasteiger partial charge in [0, 0.05) is 5.92 Å². The molecule has 0 radical (unpaired) electrons. The Bertz CT molecular complexity index is 537. The van der Waals surface area contributed by atoms with E-state index in [1.54, 1.807) is 6.07 Å². The first-order chi connectivity index (χ1) is 9.98. The number of fused-ring (bicyclic) bond motifs is 1. The van der Waals surface area contributed by atoms with Gasteiger partial charge in [0.05, 0.1) is 10.6 Å². The molecular formula is C16H21ClN2O2. The third kappa shape index (κ3) is 3.16. The second kappa shape index (κ2) is 5.50. The van der Waals surface area contributed by atoms with E-state index < -0.39 is 5.54 Å². The smallest absolute Gasteiger partial charge is 0.224 e. The second-order valence-electron chi connectivity index (χ2n) is 6.60. The molecule has 5 heteroatoms. The normalized spacial score (nSPS) is 27.1. The van der Waals surface area contributed by atoms with Crippen molar-refractivity contribution in [2.45, 2.75) is 19.4 Å². The molecule has 114 valence electrons. The van der Waals surface area contributed by atoms with Gasteiger partial charge in [0.1, 0.15) is 12.4 Å². The van der Waals surface area contributed by atoms with Gasteiger partial charge in [0.15, 0.2) is 0 Å². The van der Waals surface area contributed by atoms with E-state index in [0.29, 0.717) is 29.2 Å². The highest BCUT2D eigenvalue weighted by Crippen LogP contribution is 2.48. The molecule has 1 heterocycles. The maximum Gasteiger partial charge on any atom is 0.224 e. The zero-order valence-electron chi connectivity index (χ0n) is 12.4. The third-order valence-corrected chi connectivity index (χ3v) is 4.59. The lowest BCUT2D eigenvalue weighted by Crippen LogP contribution is -2.49. The number of para-hydroxylation sites is 1. The number of halogens is 1. The maximum absolute atomic E-state index is 12.3. The summed E-state index contributed by atoms with van der Waals surface area (Å²) in [6.07, 6.45) is 0. The first-order valence-electron chi connectivity index (χ1n) is 7.38. The number of hydrogen-bond donors (Lipinski definition) is 2. The van der Waals surface area contributed by atoms with Crippen LogP contribution in [0, 0.1) is 17.8 Å². The van der Waals surface area contributed by atoms with Crippen molar-refractivity contribution in [1.82, 2.24) is 10.6 Å². The maximum atomic E-state index is 12.3. The molecule has 4 nitrogen and oxygen atoms in total. The molecule has 1 aliphatic carbocycles. The number of benzene rings is 1. The van der Waals surface area contributed by atoms with Crippen LogP contribution >= 0.6 is 11.6 Å². The number of piperidine rings is 1. The quantitative estimate of drug-likeness (QED) is 0.875. The van der Waals surface area contributed by atoms with E-state index in [0.717, 1.165) is 13.1 Å². The van der Waals surface area contributed by atoms with E-state index in [1.807, 2.05) is 32.0 Å². The van der Waals surface area contributed by atoms with Crippen molar-refractivity contribution in [3.63, 3.8) is 0 Å². The summed E-state index contributed by atoms with van der Waals surface area (Å²) < 4.78 is 5.74. The van der Waals surface area contributed by atoms with Gasteiger partial charge in [-0.25, -0.2) is 0 Å². The Morgan fingerprint density at radius 1 is 1.38 bits per heavy atom. The molecule has 1 aromatic rings. The summed E-state index contributed by atoms with van der Waals surface area (Å²) >= 11 is 6.06. The topological polar surface area (TPSA) is 50.4 Å². The summed E-state index contributed by atoms with van der Waals surface area (Å²) in [6.45, 7) is 6.28. The number of nitrogens with one attached hydrogen (secondary N) is 2.